The SMILES string of the molecule is CC(CC(=O)Nc1ccc2c(c1)OCC(=O)N2)C1CCCNC1.Cl. The summed E-state index contributed by atoms with van der Waals surface area (Å²) in [6.07, 6.45) is 2.89. The number of carbonyl (C=O) groups excluding carboxylic acids is 2. The van der Waals surface area contributed by atoms with Crippen LogP contribution in [-0.2, 0) is 9.59 Å². The van der Waals surface area contributed by atoms with Crippen LogP contribution >= 0.6 is 12.4 Å². The highest BCUT2D eigenvalue weighted by Crippen LogP contribution is 2.31. The van der Waals surface area contributed by atoms with Crippen molar-refractivity contribution in [3.8, 4) is 5.75 Å². The number of carbonyl (C=O) groups is 2. The molecule has 0 bridgehead atoms. The summed E-state index contributed by atoms with van der Waals surface area (Å²) in [5, 5.41) is 9.05. The van der Waals surface area contributed by atoms with Crippen molar-refractivity contribution < 1.29 is 14.3 Å². The molecule has 3 N–H and O–H groups in total. The van der Waals surface area contributed by atoms with Crippen LogP contribution in [0, 0.1) is 11.8 Å². The van der Waals surface area contributed by atoms with Crippen LogP contribution in [0.2, 0.25) is 0 Å². The van der Waals surface area contributed by atoms with Gasteiger partial charge in [-0.05, 0) is 49.9 Å². The number of fused-ring (bicyclic) bond motifs is 1. The van der Waals surface area contributed by atoms with Crippen LogP contribution in [0.1, 0.15) is 26.2 Å². The molecule has 2 unspecified atom stereocenters. The van der Waals surface area contributed by atoms with Crippen LogP contribution in [-0.4, -0.2) is 31.5 Å². The lowest BCUT2D eigenvalue weighted by atomic mass is 9.85. The maximum absolute atomic E-state index is 12.2. The van der Waals surface area contributed by atoms with Crippen molar-refractivity contribution in [2.75, 3.05) is 30.3 Å². The van der Waals surface area contributed by atoms with E-state index in [4.69, 9.17) is 4.74 Å². The second kappa shape index (κ2) is 8.35. The lowest BCUT2D eigenvalue weighted by Crippen LogP contribution is -2.34. The Morgan fingerprint density at radius 3 is 3.04 bits per heavy atom. The molecule has 6 nitrogen and oxygen atoms in total. The Kier molecular flexibility index (Phi) is 6.45. The summed E-state index contributed by atoms with van der Waals surface area (Å²) in [6.45, 7) is 4.24. The fourth-order valence-corrected chi connectivity index (χ4v) is 3.19. The Hall–Kier alpha value is -1.79. The highest BCUT2D eigenvalue weighted by atomic mass is 35.5. The first-order chi connectivity index (χ1) is 11.1. The van der Waals surface area contributed by atoms with E-state index in [-0.39, 0.29) is 30.8 Å². The quantitative estimate of drug-likeness (QED) is 0.776. The van der Waals surface area contributed by atoms with Crippen molar-refractivity contribution >= 4 is 35.6 Å². The summed E-state index contributed by atoms with van der Waals surface area (Å²) in [6, 6.07) is 5.27. The van der Waals surface area contributed by atoms with Gasteiger partial charge in [-0.2, -0.15) is 0 Å². The molecule has 2 amide bonds. The zero-order chi connectivity index (χ0) is 16.2. The van der Waals surface area contributed by atoms with Crippen molar-refractivity contribution in [3.63, 3.8) is 0 Å². The molecule has 3 rings (SSSR count). The average Bonchev–Trinajstić information content (AvgIpc) is 2.55. The molecule has 0 radical (unpaired) electrons. The van der Waals surface area contributed by atoms with Gasteiger partial charge < -0.3 is 20.7 Å². The number of rotatable bonds is 4. The third-order valence-electron chi connectivity index (χ3n) is 4.55. The van der Waals surface area contributed by atoms with E-state index in [0.29, 0.717) is 35.4 Å². The average molecular weight is 354 g/mol. The number of hydrogen-bond donors (Lipinski definition) is 3. The van der Waals surface area contributed by atoms with Crippen molar-refractivity contribution in [1.29, 1.82) is 0 Å². The monoisotopic (exact) mass is 353 g/mol. The van der Waals surface area contributed by atoms with Crippen molar-refractivity contribution in [2.24, 2.45) is 11.8 Å². The van der Waals surface area contributed by atoms with Crippen molar-refractivity contribution in [2.45, 2.75) is 26.2 Å². The van der Waals surface area contributed by atoms with Gasteiger partial charge in [0.1, 0.15) is 5.75 Å². The zero-order valence-corrected chi connectivity index (χ0v) is 14.6. The summed E-state index contributed by atoms with van der Waals surface area (Å²) < 4.78 is 5.36. The zero-order valence-electron chi connectivity index (χ0n) is 13.8. The third kappa shape index (κ3) is 4.61. The van der Waals surface area contributed by atoms with E-state index >= 15 is 0 Å². The number of hydrogen-bond acceptors (Lipinski definition) is 4. The van der Waals surface area contributed by atoms with Gasteiger partial charge in [0.2, 0.25) is 5.91 Å². The van der Waals surface area contributed by atoms with E-state index in [2.05, 4.69) is 22.9 Å². The molecule has 2 aliphatic rings. The van der Waals surface area contributed by atoms with Gasteiger partial charge in [-0.25, -0.2) is 0 Å². The summed E-state index contributed by atoms with van der Waals surface area (Å²) in [5.41, 5.74) is 1.33. The maximum atomic E-state index is 12.2. The van der Waals surface area contributed by atoms with Gasteiger partial charge in [0.15, 0.2) is 6.61 Å². The molecule has 24 heavy (non-hydrogen) atoms. The first-order valence-electron chi connectivity index (χ1n) is 8.19. The largest absolute Gasteiger partial charge is 0.482 e. The standard InChI is InChI=1S/C17H23N3O3.ClH/c1-11(12-3-2-6-18-9-12)7-16(21)19-13-4-5-14-15(8-13)23-10-17(22)20-14;/h4-5,8,11-12,18H,2-3,6-7,9-10H2,1H3,(H,19,21)(H,20,22);1H. The number of benzene rings is 1. The Balaban J connectivity index is 0.00000208. The van der Waals surface area contributed by atoms with Gasteiger partial charge in [-0.1, -0.05) is 6.92 Å². The molecule has 0 aliphatic carbocycles. The predicted molar refractivity (Wildman–Crippen MR) is 95.8 cm³/mol. The smallest absolute Gasteiger partial charge is 0.262 e. The number of halogens is 1. The molecule has 2 heterocycles. The second-order valence-corrected chi connectivity index (χ2v) is 6.38. The minimum atomic E-state index is -0.163. The van der Waals surface area contributed by atoms with Crippen LogP contribution in [0.4, 0.5) is 11.4 Å². The Morgan fingerprint density at radius 1 is 1.46 bits per heavy atom. The Labute approximate surface area is 148 Å². The van der Waals surface area contributed by atoms with Gasteiger partial charge >= 0.3 is 0 Å². The topological polar surface area (TPSA) is 79.5 Å². The van der Waals surface area contributed by atoms with Gasteiger partial charge in [-0.15, -0.1) is 12.4 Å². The van der Waals surface area contributed by atoms with Gasteiger partial charge in [0.05, 0.1) is 5.69 Å². The first kappa shape index (κ1) is 18.5. The molecule has 1 saturated heterocycles. The van der Waals surface area contributed by atoms with Gasteiger partial charge in [0, 0.05) is 18.2 Å². The number of nitrogens with one attached hydrogen (secondary N) is 3. The predicted octanol–water partition coefficient (Wildman–Crippen LogP) is 2.40. The highest BCUT2D eigenvalue weighted by Gasteiger charge is 2.22. The van der Waals surface area contributed by atoms with Crippen LogP contribution in [0.5, 0.6) is 5.75 Å². The molecule has 0 spiro atoms. The number of amides is 2. The van der Waals surface area contributed by atoms with Crippen molar-refractivity contribution in [1.82, 2.24) is 5.32 Å². The van der Waals surface area contributed by atoms with Crippen LogP contribution < -0.4 is 20.7 Å². The minimum Gasteiger partial charge on any atom is -0.482 e. The molecule has 1 fully saturated rings. The minimum absolute atomic E-state index is 0. The third-order valence-corrected chi connectivity index (χ3v) is 4.55. The Bertz CT molecular complexity index is 603. The van der Waals surface area contributed by atoms with Crippen LogP contribution in [0.15, 0.2) is 18.2 Å². The highest BCUT2D eigenvalue weighted by molar-refractivity contribution is 5.97. The van der Waals surface area contributed by atoms with Crippen LogP contribution in [0.3, 0.4) is 0 Å². The molecular formula is C17H24ClN3O3. The van der Waals surface area contributed by atoms with Crippen molar-refractivity contribution in [3.05, 3.63) is 18.2 Å². The molecule has 0 aromatic heterocycles. The van der Waals surface area contributed by atoms with E-state index in [9.17, 15) is 9.59 Å². The summed E-state index contributed by atoms with van der Waals surface area (Å²) in [4.78, 5) is 23.5. The van der Waals surface area contributed by atoms with E-state index in [1.54, 1.807) is 18.2 Å². The molecule has 0 saturated carbocycles. The number of piperidine rings is 1. The van der Waals surface area contributed by atoms with Gasteiger partial charge in [-0.3, -0.25) is 9.59 Å². The molecule has 1 aromatic rings. The van der Waals surface area contributed by atoms with E-state index in [0.717, 1.165) is 13.1 Å². The normalized spacial score (nSPS) is 20.7. The maximum Gasteiger partial charge on any atom is 0.262 e. The molecule has 2 aliphatic heterocycles. The summed E-state index contributed by atoms with van der Waals surface area (Å²) in [5.74, 6) is 1.37. The van der Waals surface area contributed by atoms with E-state index in [1.807, 2.05) is 0 Å². The second-order valence-electron chi connectivity index (χ2n) is 6.38. The van der Waals surface area contributed by atoms with E-state index < -0.39 is 0 Å². The van der Waals surface area contributed by atoms with Gasteiger partial charge in [0.25, 0.3) is 5.91 Å². The van der Waals surface area contributed by atoms with E-state index in [1.165, 1.54) is 12.8 Å². The summed E-state index contributed by atoms with van der Waals surface area (Å²) >= 11 is 0. The lowest BCUT2D eigenvalue weighted by molar-refractivity contribution is -0.119. The first-order valence-corrected chi connectivity index (χ1v) is 8.19. The molecule has 7 heteroatoms. The fourth-order valence-electron chi connectivity index (χ4n) is 3.19. The Morgan fingerprint density at radius 2 is 2.29 bits per heavy atom. The fraction of sp³-hybridized carbons (Fsp3) is 0.529. The number of anilines is 2. The summed E-state index contributed by atoms with van der Waals surface area (Å²) in [7, 11) is 0. The molecule has 2 atom stereocenters. The van der Waals surface area contributed by atoms with Crippen LogP contribution in [0.25, 0.3) is 0 Å². The molecular weight excluding hydrogens is 330 g/mol. The lowest BCUT2D eigenvalue weighted by Gasteiger charge is -2.28. The molecule has 132 valence electrons. The number of ether oxygens (including phenoxy) is 1. The molecule has 1 aromatic carbocycles.